The molecule has 1 N–H and O–H groups in total. The summed E-state index contributed by atoms with van der Waals surface area (Å²) in [5, 5.41) is 2.71. The van der Waals surface area contributed by atoms with E-state index in [2.05, 4.69) is 5.32 Å². The van der Waals surface area contributed by atoms with E-state index in [1.807, 2.05) is 27.7 Å². The van der Waals surface area contributed by atoms with Gasteiger partial charge in [-0.2, -0.15) is 0 Å². The Morgan fingerprint density at radius 2 is 1.88 bits per heavy atom. The quantitative estimate of drug-likeness (QED) is 0.902. The SMILES string of the molecule is CCc1c(C)cc(C(=O)NC(C)C)c(=O)n1Cc1ccc(F)c(F)c1. The van der Waals surface area contributed by atoms with Crippen LogP contribution in [0.3, 0.4) is 0 Å². The van der Waals surface area contributed by atoms with E-state index in [-0.39, 0.29) is 18.2 Å². The second kappa shape index (κ2) is 7.59. The van der Waals surface area contributed by atoms with Gasteiger partial charge in [-0.25, -0.2) is 8.78 Å². The number of hydrogen-bond donors (Lipinski definition) is 1. The van der Waals surface area contributed by atoms with Gasteiger partial charge in [-0.05, 0) is 56.5 Å². The van der Waals surface area contributed by atoms with Crippen LogP contribution in [0.1, 0.15) is 48.0 Å². The minimum Gasteiger partial charge on any atom is -0.350 e. The van der Waals surface area contributed by atoms with Crippen LogP contribution in [0.4, 0.5) is 8.78 Å². The Balaban J connectivity index is 2.54. The Morgan fingerprint density at radius 1 is 1.20 bits per heavy atom. The van der Waals surface area contributed by atoms with Crippen molar-refractivity contribution >= 4 is 5.91 Å². The molecule has 25 heavy (non-hydrogen) atoms. The Morgan fingerprint density at radius 3 is 2.44 bits per heavy atom. The van der Waals surface area contributed by atoms with Gasteiger partial charge >= 0.3 is 0 Å². The lowest BCUT2D eigenvalue weighted by Gasteiger charge is -2.17. The van der Waals surface area contributed by atoms with Crippen molar-refractivity contribution in [2.75, 3.05) is 0 Å². The van der Waals surface area contributed by atoms with E-state index in [1.165, 1.54) is 10.6 Å². The zero-order valence-corrected chi connectivity index (χ0v) is 14.8. The molecule has 134 valence electrons. The van der Waals surface area contributed by atoms with Crippen LogP contribution in [-0.2, 0) is 13.0 Å². The third-order valence-corrected chi connectivity index (χ3v) is 3.94. The molecule has 1 aromatic heterocycles. The number of aromatic nitrogens is 1. The molecule has 0 aliphatic carbocycles. The molecule has 0 spiro atoms. The Bertz CT molecular complexity index is 857. The number of benzene rings is 1. The van der Waals surface area contributed by atoms with Crippen LogP contribution < -0.4 is 10.9 Å². The largest absolute Gasteiger partial charge is 0.350 e. The fourth-order valence-electron chi connectivity index (χ4n) is 2.80. The van der Waals surface area contributed by atoms with E-state index in [1.54, 1.807) is 6.07 Å². The summed E-state index contributed by atoms with van der Waals surface area (Å²) >= 11 is 0. The summed E-state index contributed by atoms with van der Waals surface area (Å²) in [6.45, 7) is 7.42. The van der Waals surface area contributed by atoms with E-state index in [9.17, 15) is 18.4 Å². The predicted molar refractivity (Wildman–Crippen MR) is 92.9 cm³/mol. The molecule has 0 radical (unpaired) electrons. The van der Waals surface area contributed by atoms with Crippen molar-refractivity contribution < 1.29 is 13.6 Å². The van der Waals surface area contributed by atoms with Gasteiger partial charge < -0.3 is 9.88 Å². The van der Waals surface area contributed by atoms with Gasteiger partial charge in [-0.3, -0.25) is 9.59 Å². The maximum Gasteiger partial charge on any atom is 0.263 e. The smallest absolute Gasteiger partial charge is 0.263 e. The molecule has 0 bridgehead atoms. The number of pyridine rings is 1. The highest BCUT2D eigenvalue weighted by molar-refractivity contribution is 5.94. The van der Waals surface area contributed by atoms with Gasteiger partial charge in [0.1, 0.15) is 5.56 Å². The first-order valence-corrected chi connectivity index (χ1v) is 8.22. The molecule has 2 rings (SSSR count). The molecule has 4 nitrogen and oxygen atoms in total. The third kappa shape index (κ3) is 4.13. The number of hydrogen-bond acceptors (Lipinski definition) is 2. The molecule has 1 heterocycles. The normalized spacial score (nSPS) is 11.0. The summed E-state index contributed by atoms with van der Waals surface area (Å²) in [6, 6.07) is 5.01. The van der Waals surface area contributed by atoms with E-state index >= 15 is 0 Å². The van der Waals surface area contributed by atoms with Crippen LogP contribution in [0.15, 0.2) is 29.1 Å². The number of aryl methyl sites for hydroxylation is 1. The van der Waals surface area contributed by atoms with Gasteiger partial charge in [-0.15, -0.1) is 0 Å². The van der Waals surface area contributed by atoms with Crippen LogP contribution in [0.2, 0.25) is 0 Å². The Kier molecular flexibility index (Phi) is 5.72. The van der Waals surface area contributed by atoms with Crippen molar-refractivity contribution in [3.8, 4) is 0 Å². The molecule has 0 unspecified atom stereocenters. The molecule has 0 fully saturated rings. The lowest BCUT2D eigenvalue weighted by Crippen LogP contribution is -2.37. The standard InChI is InChI=1S/C19H22F2N2O2/c1-5-17-12(4)8-14(18(24)22-11(2)3)19(25)23(17)10-13-6-7-15(20)16(21)9-13/h6-9,11H,5,10H2,1-4H3,(H,22,24). The summed E-state index contributed by atoms with van der Waals surface area (Å²) in [7, 11) is 0. The summed E-state index contributed by atoms with van der Waals surface area (Å²) in [5.41, 5.74) is 1.63. The van der Waals surface area contributed by atoms with Gasteiger partial charge in [0.15, 0.2) is 11.6 Å². The monoisotopic (exact) mass is 348 g/mol. The van der Waals surface area contributed by atoms with Crippen molar-refractivity contribution in [3.05, 3.63) is 68.6 Å². The maximum atomic E-state index is 13.5. The van der Waals surface area contributed by atoms with Gasteiger partial charge in [0.2, 0.25) is 0 Å². The highest BCUT2D eigenvalue weighted by Gasteiger charge is 2.18. The number of carbonyl (C=O) groups excluding carboxylic acids is 1. The molecule has 0 saturated carbocycles. The fraction of sp³-hybridized carbons (Fsp3) is 0.368. The lowest BCUT2D eigenvalue weighted by atomic mass is 10.1. The molecule has 0 aliphatic heterocycles. The predicted octanol–water partition coefficient (Wildman–Crippen LogP) is 3.18. The van der Waals surface area contributed by atoms with Crippen molar-refractivity contribution in [2.45, 2.75) is 46.7 Å². The first-order chi connectivity index (χ1) is 11.7. The first-order valence-electron chi connectivity index (χ1n) is 8.22. The number of nitrogens with one attached hydrogen (secondary N) is 1. The molecule has 0 aliphatic rings. The number of nitrogens with zero attached hydrogens (tertiary/aromatic N) is 1. The lowest BCUT2D eigenvalue weighted by molar-refractivity contribution is 0.0941. The number of rotatable bonds is 5. The van der Waals surface area contributed by atoms with Crippen molar-refractivity contribution in [2.24, 2.45) is 0 Å². The maximum absolute atomic E-state index is 13.5. The zero-order chi connectivity index (χ0) is 18.7. The van der Waals surface area contributed by atoms with Crippen molar-refractivity contribution in [1.82, 2.24) is 9.88 Å². The Hall–Kier alpha value is -2.50. The average Bonchev–Trinajstić information content (AvgIpc) is 2.53. The average molecular weight is 348 g/mol. The van der Waals surface area contributed by atoms with Crippen molar-refractivity contribution in [3.63, 3.8) is 0 Å². The molecule has 6 heteroatoms. The number of halogens is 2. The zero-order valence-electron chi connectivity index (χ0n) is 14.8. The van der Waals surface area contributed by atoms with Crippen LogP contribution >= 0.6 is 0 Å². The number of amides is 1. The van der Waals surface area contributed by atoms with Gasteiger partial charge in [0, 0.05) is 11.7 Å². The topological polar surface area (TPSA) is 51.1 Å². The first kappa shape index (κ1) is 18.8. The minimum absolute atomic E-state index is 0.0472. The van der Waals surface area contributed by atoms with E-state index in [4.69, 9.17) is 0 Å². The molecular formula is C19H22F2N2O2. The van der Waals surface area contributed by atoms with Crippen LogP contribution in [0.25, 0.3) is 0 Å². The van der Waals surface area contributed by atoms with E-state index in [0.29, 0.717) is 12.0 Å². The van der Waals surface area contributed by atoms with Gasteiger partial charge in [0.05, 0.1) is 6.54 Å². The Labute approximate surface area is 145 Å². The van der Waals surface area contributed by atoms with E-state index < -0.39 is 23.1 Å². The van der Waals surface area contributed by atoms with Gasteiger partial charge in [-0.1, -0.05) is 13.0 Å². The van der Waals surface area contributed by atoms with Crippen LogP contribution in [0, 0.1) is 18.6 Å². The van der Waals surface area contributed by atoms with Crippen LogP contribution in [-0.4, -0.2) is 16.5 Å². The summed E-state index contributed by atoms with van der Waals surface area (Å²) < 4.78 is 28.0. The third-order valence-electron chi connectivity index (χ3n) is 3.94. The molecule has 2 aromatic rings. The molecule has 1 aromatic carbocycles. The fourth-order valence-corrected chi connectivity index (χ4v) is 2.80. The summed E-state index contributed by atoms with van der Waals surface area (Å²) in [6.07, 6.45) is 0.580. The molecule has 0 atom stereocenters. The highest BCUT2D eigenvalue weighted by Crippen LogP contribution is 2.14. The highest BCUT2D eigenvalue weighted by atomic mass is 19.2. The molecule has 0 saturated heterocycles. The molecule has 1 amide bonds. The summed E-state index contributed by atoms with van der Waals surface area (Å²) in [5.74, 6) is -2.34. The second-order valence-electron chi connectivity index (χ2n) is 6.31. The number of carbonyl (C=O) groups is 1. The second-order valence-corrected chi connectivity index (χ2v) is 6.31. The van der Waals surface area contributed by atoms with E-state index in [0.717, 1.165) is 23.4 Å². The van der Waals surface area contributed by atoms with Crippen molar-refractivity contribution in [1.29, 1.82) is 0 Å². The molecular weight excluding hydrogens is 326 g/mol. The minimum atomic E-state index is -0.964. The summed E-state index contributed by atoms with van der Waals surface area (Å²) in [4.78, 5) is 25.1. The van der Waals surface area contributed by atoms with Gasteiger partial charge in [0.25, 0.3) is 11.5 Å². The van der Waals surface area contributed by atoms with Crippen LogP contribution in [0.5, 0.6) is 0 Å².